The molecule has 2 amide bonds. The highest BCUT2D eigenvalue weighted by molar-refractivity contribution is 5.88. The molecule has 0 spiro atoms. The van der Waals surface area contributed by atoms with Crippen molar-refractivity contribution in [3.05, 3.63) is 40.8 Å². The number of carbonyl (C=O) groups excluding carboxylic acids is 3. The standard InChI is InChI=1S/C24H30F3N5O4/c1-6-36-19(33)12-31-8-7-18-14(11-31)20(13-9-16(26)17(27)10-15(13)25)30-32(18)23(35)29-21(22(34)28-5)24(2,3)4/h9-10,21H,6-8,11-12H2,1-5H3,(H,28,34)(H,29,35). The maximum absolute atomic E-state index is 14.7. The maximum atomic E-state index is 14.7. The van der Waals surface area contributed by atoms with Gasteiger partial charge < -0.3 is 15.4 Å². The Bertz CT molecular complexity index is 1180. The summed E-state index contributed by atoms with van der Waals surface area (Å²) in [5, 5.41) is 9.45. The molecule has 2 aromatic rings. The van der Waals surface area contributed by atoms with Gasteiger partial charge in [0.05, 0.1) is 18.8 Å². The van der Waals surface area contributed by atoms with Crippen LogP contribution in [0.15, 0.2) is 12.1 Å². The van der Waals surface area contributed by atoms with Crippen LogP contribution in [0.3, 0.4) is 0 Å². The third-order valence-corrected chi connectivity index (χ3v) is 5.89. The van der Waals surface area contributed by atoms with Crippen molar-refractivity contribution in [3.63, 3.8) is 0 Å². The Morgan fingerprint density at radius 1 is 1.14 bits per heavy atom. The molecular formula is C24H30F3N5O4. The fourth-order valence-corrected chi connectivity index (χ4v) is 4.09. The Morgan fingerprint density at radius 3 is 2.42 bits per heavy atom. The number of carbonyl (C=O) groups is 3. The first-order valence-electron chi connectivity index (χ1n) is 11.5. The molecule has 0 fully saturated rings. The average molecular weight is 510 g/mol. The Morgan fingerprint density at radius 2 is 1.81 bits per heavy atom. The zero-order valence-electron chi connectivity index (χ0n) is 20.9. The second kappa shape index (κ2) is 10.7. The van der Waals surface area contributed by atoms with Crippen LogP contribution in [-0.2, 0) is 27.3 Å². The zero-order valence-corrected chi connectivity index (χ0v) is 20.9. The van der Waals surface area contributed by atoms with Crippen molar-refractivity contribution >= 4 is 17.9 Å². The van der Waals surface area contributed by atoms with E-state index in [1.807, 2.05) is 0 Å². The fraction of sp³-hybridized carbons (Fsp3) is 0.500. The maximum Gasteiger partial charge on any atom is 0.343 e. The highest BCUT2D eigenvalue weighted by Gasteiger charge is 2.35. The van der Waals surface area contributed by atoms with Gasteiger partial charge in [0.15, 0.2) is 11.6 Å². The Hall–Kier alpha value is -3.41. The third-order valence-electron chi connectivity index (χ3n) is 5.89. The minimum atomic E-state index is -1.36. The number of hydrogen-bond acceptors (Lipinski definition) is 6. The molecule has 2 heterocycles. The number of likely N-dealkylation sites (N-methyl/N-ethyl adjacent to an activating group) is 1. The Labute approximate surface area is 207 Å². The number of fused-ring (bicyclic) bond motifs is 1. The number of rotatable bonds is 6. The summed E-state index contributed by atoms with van der Waals surface area (Å²) in [6, 6.07) is -0.552. The molecule has 3 rings (SSSR count). The number of amides is 2. The molecule has 1 aliphatic rings. The van der Waals surface area contributed by atoms with E-state index in [4.69, 9.17) is 4.74 Å². The van der Waals surface area contributed by atoms with Crippen molar-refractivity contribution < 1.29 is 32.3 Å². The first kappa shape index (κ1) is 27.2. The van der Waals surface area contributed by atoms with Gasteiger partial charge in [0.25, 0.3) is 0 Å². The summed E-state index contributed by atoms with van der Waals surface area (Å²) in [6.07, 6.45) is 0.251. The molecule has 1 aromatic carbocycles. The van der Waals surface area contributed by atoms with Crippen molar-refractivity contribution in [1.82, 2.24) is 25.3 Å². The van der Waals surface area contributed by atoms with Crippen molar-refractivity contribution in [2.45, 2.75) is 46.7 Å². The van der Waals surface area contributed by atoms with Gasteiger partial charge in [0, 0.05) is 43.8 Å². The van der Waals surface area contributed by atoms with Crippen LogP contribution in [0, 0.1) is 22.9 Å². The van der Waals surface area contributed by atoms with Crippen molar-refractivity contribution in [2.24, 2.45) is 5.41 Å². The second-order valence-corrected chi connectivity index (χ2v) is 9.56. The van der Waals surface area contributed by atoms with Crippen LogP contribution in [0.1, 0.15) is 39.0 Å². The molecular weight excluding hydrogens is 479 g/mol. The third kappa shape index (κ3) is 5.69. The van der Waals surface area contributed by atoms with Gasteiger partial charge in [-0.2, -0.15) is 9.78 Å². The lowest BCUT2D eigenvalue weighted by Gasteiger charge is -2.30. The van der Waals surface area contributed by atoms with Crippen molar-refractivity contribution in [1.29, 1.82) is 0 Å². The molecule has 0 saturated heterocycles. The average Bonchev–Trinajstić information content (AvgIpc) is 3.17. The summed E-state index contributed by atoms with van der Waals surface area (Å²) < 4.78 is 48.4. The van der Waals surface area contributed by atoms with Gasteiger partial charge in [-0.25, -0.2) is 18.0 Å². The minimum absolute atomic E-state index is 0.0485. The Kier molecular flexibility index (Phi) is 8.07. The van der Waals surface area contributed by atoms with Crippen molar-refractivity contribution in [3.8, 4) is 11.3 Å². The molecule has 0 saturated carbocycles. The molecule has 36 heavy (non-hydrogen) atoms. The smallest absolute Gasteiger partial charge is 0.343 e. The Balaban J connectivity index is 2.06. The normalized spacial score (nSPS) is 14.7. The second-order valence-electron chi connectivity index (χ2n) is 9.56. The van der Waals surface area contributed by atoms with Crippen LogP contribution in [0.2, 0.25) is 0 Å². The SMILES string of the molecule is CCOC(=O)CN1CCc2c(c(-c3cc(F)c(F)cc3F)nn2C(=O)NC(C(=O)NC)C(C)(C)C)C1. The number of halogens is 3. The number of hydrogen-bond donors (Lipinski definition) is 2. The molecule has 1 atom stereocenters. The predicted molar refractivity (Wildman–Crippen MR) is 124 cm³/mol. The number of esters is 1. The topological polar surface area (TPSA) is 106 Å². The fourth-order valence-electron chi connectivity index (χ4n) is 4.09. The minimum Gasteiger partial charge on any atom is -0.465 e. The molecule has 12 heteroatoms. The summed E-state index contributed by atoms with van der Waals surface area (Å²) >= 11 is 0. The summed E-state index contributed by atoms with van der Waals surface area (Å²) in [7, 11) is 1.45. The number of nitrogens with one attached hydrogen (secondary N) is 2. The van der Waals surface area contributed by atoms with E-state index >= 15 is 0 Å². The first-order chi connectivity index (χ1) is 16.9. The van der Waals surface area contributed by atoms with Gasteiger partial charge >= 0.3 is 12.0 Å². The lowest BCUT2D eigenvalue weighted by molar-refractivity contribution is -0.144. The van der Waals surface area contributed by atoms with Crippen LogP contribution in [0.4, 0.5) is 18.0 Å². The van der Waals surface area contributed by atoms with Crippen LogP contribution in [-0.4, -0.2) is 65.4 Å². The highest BCUT2D eigenvalue weighted by atomic mass is 19.2. The largest absolute Gasteiger partial charge is 0.465 e. The van der Waals surface area contributed by atoms with E-state index in [0.717, 1.165) is 4.68 Å². The number of benzene rings is 1. The summed E-state index contributed by atoms with van der Waals surface area (Å²) in [5.74, 6) is -4.55. The van der Waals surface area contributed by atoms with Gasteiger partial charge in [0.1, 0.15) is 17.6 Å². The lowest BCUT2D eigenvalue weighted by Crippen LogP contribution is -2.54. The van der Waals surface area contributed by atoms with Crippen LogP contribution >= 0.6 is 0 Å². The van der Waals surface area contributed by atoms with Gasteiger partial charge in [-0.1, -0.05) is 20.8 Å². The van der Waals surface area contributed by atoms with E-state index in [0.29, 0.717) is 29.9 Å². The van der Waals surface area contributed by atoms with Crippen molar-refractivity contribution in [2.75, 3.05) is 26.7 Å². The van der Waals surface area contributed by atoms with E-state index < -0.39 is 46.8 Å². The number of ether oxygens (including phenoxy) is 1. The highest BCUT2D eigenvalue weighted by Crippen LogP contribution is 2.33. The van der Waals surface area contributed by atoms with E-state index in [1.165, 1.54) is 7.05 Å². The molecule has 9 nitrogen and oxygen atoms in total. The lowest BCUT2D eigenvalue weighted by atomic mass is 9.86. The van der Waals surface area contributed by atoms with Gasteiger partial charge in [-0.05, 0) is 18.4 Å². The first-order valence-corrected chi connectivity index (χ1v) is 11.5. The molecule has 2 N–H and O–H groups in total. The van der Waals surface area contributed by atoms with Gasteiger partial charge in [-0.3, -0.25) is 14.5 Å². The molecule has 0 bridgehead atoms. The van der Waals surface area contributed by atoms with E-state index in [-0.39, 0.29) is 37.4 Å². The zero-order chi connectivity index (χ0) is 26.8. The molecule has 1 unspecified atom stereocenters. The van der Waals surface area contributed by atoms with Crippen LogP contribution in [0.25, 0.3) is 11.3 Å². The molecule has 0 aliphatic carbocycles. The summed E-state index contributed by atoms with van der Waals surface area (Å²) in [6.45, 7) is 7.64. The monoisotopic (exact) mass is 509 g/mol. The van der Waals surface area contributed by atoms with Gasteiger partial charge in [-0.15, -0.1) is 0 Å². The number of nitrogens with zero attached hydrogens (tertiary/aromatic N) is 3. The molecule has 1 aromatic heterocycles. The molecule has 0 radical (unpaired) electrons. The number of aromatic nitrogens is 2. The van der Waals surface area contributed by atoms with Crippen LogP contribution < -0.4 is 10.6 Å². The van der Waals surface area contributed by atoms with Crippen LogP contribution in [0.5, 0.6) is 0 Å². The molecule has 196 valence electrons. The summed E-state index contributed by atoms with van der Waals surface area (Å²) in [4.78, 5) is 39.4. The predicted octanol–water partition coefficient (Wildman–Crippen LogP) is 2.61. The van der Waals surface area contributed by atoms with Gasteiger partial charge in [0.2, 0.25) is 5.91 Å². The van der Waals surface area contributed by atoms with E-state index in [2.05, 4.69) is 15.7 Å². The quantitative estimate of drug-likeness (QED) is 0.458. The molecule has 1 aliphatic heterocycles. The summed E-state index contributed by atoms with van der Waals surface area (Å²) in [5.41, 5.74) is -0.228. The van der Waals surface area contributed by atoms with E-state index in [1.54, 1.807) is 32.6 Å². The van der Waals surface area contributed by atoms with E-state index in [9.17, 15) is 27.6 Å².